The highest BCUT2D eigenvalue weighted by atomic mass is 32.2. The minimum atomic E-state index is -4.48. The molecule has 0 unspecified atom stereocenters. The van der Waals surface area contributed by atoms with E-state index in [1.807, 2.05) is 0 Å². The first-order valence-corrected chi connectivity index (χ1v) is 8.56. The quantitative estimate of drug-likeness (QED) is 0.922. The van der Waals surface area contributed by atoms with Gasteiger partial charge in [0.1, 0.15) is 0 Å². The van der Waals surface area contributed by atoms with Gasteiger partial charge in [-0.05, 0) is 37.0 Å². The van der Waals surface area contributed by atoms with Crippen LogP contribution < -0.4 is 0 Å². The summed E-state index contributed by atoms with van der Waals surface area (Å²) in [5, 5.41) is 9.34. The van der Waals surface area contributed by atoms with Crippen LogP contribution in [0.5, 0.6) is 0 Å². The Morgan fingerprint density at radius 1 is 1.23 bits per heavy atom. The number of hydrogen-bond donors (Lipinski definition) is 1. The van der Waals surface area contributed by atoms with Crippen LogP contribution >= 0.6 is 0 Å². The van der Waals surface area contributed by atoms with E-state index in [1.54, 1.807) is 0 Å². The summed E-state index contributed by atoms with van der Waals surface area (Å²) in [6.07, 6.45) is -4.07. The standard InChI is InChI=1S/C14H16F3NO3S/c15-14(16,17)10-3-1-2-9(6-10)13-7-11(19)8-18(13)22(20,21)12-4-5-12/h1-3,6,11-13,19H,4-5,7-8H2/t11-,13+/m0/s1. The van der Waals surface area contributed by atoms with E-state index in [0.717, 1.165) is 12.1 Å². The third kappa shape index (κ3) is 2.87. The van der Waals surface area contributed by atoms with E-state index in [9.17, 15) is 26.7 Å². The fraction of sp³-hybridized carbons (Fsp3) is 0.571. The number of sulfonamides is 1. The summed E-state index contributed by atoms with van der Waals surface area (Å²) in [6, 6.07) is 3.94. The van der Waals surface area contributed by atoms with E-state index in [4.69, 9.17) is 0 Å². The zero-order valence-electron chi connectivity index (χ0n) is 11.6. The molecule has 4 nitrogen and oxygen atoms in total. The molecule has 0 amide bonds. The van der Waals surface area contributed by atoms with Crippen molar-refractivity contribution in [2.24, 2.45) is 0 Å². The number of β-amino-alcohol motifs (C(OH)–C–C–N with tert-alkyl or cyclic N) is 1. The fourth-order valence-electron chi connectivity index (χ4n) is 2.85. The summed E-state index contributed by atoms with van der Waals surface area (Å²) < 4.78 is 64.4. The molecule has 1 heterocycles. The van der Waals surface area contributed by atoms with E-state index in [2.05, 4.69) is 0 Å². The van der Waals surface area contributed by atoms with Crippen LogP contribution in [-0.2, 0) is 16.2 Å². The van der Waals surface area contributed by atoms with Crippen LogP contribution in [0.4, 0.5) is 13.2 Å². The predicted molar refractivity (Wildman–Crippen MR) is 73.5 cm³/mol. The molecule has 0 spiro atoms. The fourth-order valence-corrected chi connectivity index (χ4v) is 4.91. The molecule has 2 aliphatic rings. The van der Waals surface area contributed by atoms with Crippen molar-refractivity contribution in [2.45, 2.75) is 42.8 Å². The summed E-state index contributed by atoms with van der Waals surface area (Å²) >= 11 is 0. The third-order valence-corrected chi connectivity index (χ3v) is 6.48. The van der Waals surface area contributed by atoms with Gasteiger partial charge < -0.3 is 5.11 Å². The zero-order chi connectivity index (χ0) is 16.1. The number of nitrogens with zero attached hydrogens (tertiary/aromatic N) is 1. The number of alkyl halides is 3. The van der Waals surface area contributed by atoms with Gasteiger partial charge in [-0.3, -0.25) is 0 Å². The van der Waals surface area contributed by atoms with Crippen molar-refractivity contribution >= 4 is 10.0 Å². The first-order valence-electron chi connectivity index (χ1n) is 7.05. The minimum Gasteiger partial charge on any atom is -0.392 e. The summed E-state index contributed by atoms with van der Waals surface area (Å²) in [5.41, 5.74) is -0.536. The van der Waals surface area contributed by atoms with Crippen LogP contribution in [0.15, 0.2) is 24.3 Å². The van der Waals surface area contributed by atoms with Gasteiger partial charge in [-0.25, -0.2) is 8.42 Å². The Kier molecular flexibility index (Phi) is 3.73. The van der Waals surface area contributed by atoms with Gasteiger partial charge in [-0.15, -0.1) is 0 Å². The molecule has 1 aromatic rings. The average Bonchev–Trinajstić information content (AvgIpc) is 3.21. The van der Waals surface area contributed by atoms with Crippen molar-refractivity contribution in [3.05, 3.63) is 35.4 Å². The smallest absolute Gasteiger partial charge is 0.392 e. The third-order valence-electron chi connectivity index (χ3n) is 4.10. The van der Waals surface area contributed by atoms with Crippen molar-refractivity contribution < 1.29 is 26.7 Å². The van der Waals surface area contributed by atoms with Gasteiger partial charge >= 0.3 is 6.18 Å². The molecule has 122 valence electrons. The molecule has 1 aliphatic heterocycles. The van der Waals surface area contributed by atoms with E-state index in [-0.39, 0.29) is 18.5 Å². The van der Waals surface area contributed by atoms with Gasteiger partial charge in [0.25, 0.3) is 0 Å². The molecule has 2 fully saturated rings. The van der Waals surface area contributed by atoms with Crippen LogP contribution in [0.2, 0.25) is 0 Å². The van der Waals surface area contributed by atoms with E-state index in [0.29, 0.717) is 12.8 Å². The topological polar surface area (TPSA) is 57.6 Å². The summed E-state index contributed by atoms with van der Waals surface area (Å²) in [4.78, 5) is 0. The lowest BCUT2D eigenvalue weighted by Crippen LogP contribution is -2.34. The average molecular weight is 335 g/mol. The maximum Gasteiger partial charge on any atom is 0.416 e. The number of aliphatic hydroxyl groups is 1. The highest BCUT2D eigenvalue weighted by Gasteiger charge is 2.47. The lowest BCUT2D eigenvalue weighted by molar-refractivity contribution is -0.137. The van der Waals surface area contributed by atoms with Crippen molar-refractivity contribution in [3.8, 4) is 0 Å². The molecule has 0 aromatic heterocycles. The molecular formula is C14H16F3NO3S. The molecule has 22 heavy (non-hydrogen) atoms. The highest BCUT2D eigenvalue weighted by molar-refractivity contribution is 7.90. The molecular weight excluding hydrogens is 319 g/mol. The van der Waals surface area contributed by atoms with Crippen molar-refractivity contribution in [3.63, 3.8) is 0 Å². The first kappa shape index (κ1) is 15.8. The summed E-state index contributed by atoms with van der Waals surface area (Å²) in [7, 11) is -3.55. The molecule has 1 saturated heterocycles. The van der Waals surface area contributed by atoms with Gasteiger partial charge in [0.15, 0.2) is 0 Å². The molecule has 1 aromatic carbocycles. The number of halogens is 3. The van der Waals surface area contributed by atoms with E-state index >= 15 is 0 Å². The van der Waals surface area contributed by atoms with Crippen molar-refractivity contribution in [2.75, 3.05) is 6.54 Å². The Morgan fingerprint density at radius 3 is 2.50 bits per heavy atom. The number of aliphatic hydroxyl groups excluding tert-OH is 1. The second-order valence-corrected chi connectivity index (χ2v) is 8.01. The Hall–Kier alpha value is -1.12. The lowest BCUT2D eigenvalue weighted by Gasteiger charge is -2.24. The van der Waals surface area contributed by atoms with E-state index in [1.165, 1.54) is 16.4 Å². The monoisotopic (exact) mass is 335 g/mol. The summed E-state index contributed by atoms with van der Waals surface area (Å²) in [5.74, 6) is 0. The number of rotatable bonds is 3. The van der Waals surface area contributed by atoms with Gasteiger partial charge in [0, 0.05) is 6.54 Å². The largest absolute Gasteiger partial charge is 0.416 e. The molecule has 2 atom stereocenters. The van der Waals surface area contributed by atoms with Crippen LogP contribution in [0.1, 0.15) is 36.4 Å². The Bertz CT molecular complexity index is 670. The second-order valence-electron chi connectivity index (χ2n) is 5.84. The molecule has 8 heteroatoms. The van der Waals surface area contributed by atoms with Crippen molar-refractivity contribution in [1.29, 1.82) is 0 Å². The van der Waals surface area contributed by atoms with Crippen LogP contribution in [0.3, 0.4) is 0 Å². The second kappa shape index (κ2) is 5.21. The minimum absolute atomic E-state index is 0.0558. The normalized spacial score (nSPS) is 27.3. The van der Waals surface area contributed by atoms with Crippen LogP contribution in [-0.4, -0.2) is 35.7 Å². The lowest BCUT2D eigenvalue weighted by atomic mass is 10.0. The van der Waals surface area contributed by atoms with Crippen molar-refractivity contribution in [1.82, 2.24) is 4.31 Å². The zero-order valence-corrected chi connectivity index (χ0v) is 12.4. The van der Waals surface area contributed by atoms with Gasteiger partial charge in [0.2, 0.25) is 10.0 Å². The van der Waals surface area contributed by atoms with Crippen LogP contribution in [0, 0.1) is 0 Å². The predicted octanol–water partition coefficient (Wildman–Crippen LogP) is 2.31. The van der Waals surface area contributed by atoms with Gasteiger partial charge in [0.05, 0.1) is 23.0 Å². The molecule has 1 N–H and O–H groups in total. The Balaban J connectivity index is 1.95. The Morgan fingerprint density at radius 2 is 1.91 bits per heavy atom. The summed E-state index contributed by atoms with van der Waals surface area (Å²) in [6.45, 7) is -0.0558. The number of hydrogen-bond acceptors (Lipinski definition) is 3. The van der Waals surface area contributed by atoms with E-state index < -0.39 is 39.2 Å². The molecule has 0 bridgehead atoms. The van der Waals surface area contributed by atoms with Gasteiger partial charge in [-0.2, -0.15) is 17.5 Å². The maximum atomic E-state index is 12.8. The first-order chi connectivity index (χ1) is 10.2. The highest BCUT2D eigenvalue weighted by Crippen LogP contribution is 2.41. The molecule has 3 rings (SSSR count). The molecule has 1 saturated carbocycles. The molecule has 1 aliphatic carbocycles. The number of benzene rings is 1. The maximum absolute atomic E-state index is 12.8. The molecule has 0 radical (unpaired) electrons. The Labute approximate surface area is 126 Å². The van der Waals surface area contributed by atoms with Gasteiger partial charge in [-0.1, -0.05) is 12.1 Å². The SMILES string of the molecule is O=S(=O)(C1CC1)N1C[C@@H](O)C[C@@H]1c1cccc(C(F)(F)F)c1. The van der Waals surface area contributed by atoms with Crippen LogP contribution in [0.25, 0.3) is 0 Å².